The van der Waals surface area contributed by atoms with Crippen LogP contribution in [0.2, 0.25) is 0 Å². The molecule has 0 aliphatic heterocycles. The van der Waals surface area contributed by atoms with Crippen molar-refractivity contribution < 1.29 is 14.3 Å². The van der Waals surface area contributed by atoms with Crippen LogP contribution in [0.25, 0.3) is 0 Å². The zero-order valence-corrected chi connectivity index (χ0v) is 21.1. The fraction of sp³-hybridized carbons (Fsp3) is 0.379. The third-order valence-corrected chi connectivity index (χ3v) is 6.00. The number of hydrogen-bond donors (Lipinski definition) is 0. The van der Waals surface area contributed by atoms with Gasteiger partial charge in [-0.25, -0.2) is 0 Å². The Labute approximate surface area is 209 Å². The Bertz CT molecular complexity index is 1050. The summed E-state index contributed by atoms with van der Waals surface area (Å²) >= 11 is 0. The van der Waals surface area contributed by atoms with Crippen LogP contribution in [0.15, 0.2) is 79.0 Å². The monoisotopic (exact) mass is 475 g/mol. The van der Waals surface area contributed by atoms with E-state index in [1.165, 1.54) is 5.56 Å². The summed E-state index contributed by atoms with van der Waals surface area (Å²) in [4.78, 5) is 30.2. The van der Waals surface area contributed by atoms with Crippen LogP contribution in [-0.2, 0) is 22.6 Å². The maximum atomic E-state index is 13.5. The molecule has 6 heteroatoms. The standard InChI is InChI=1S/C29H37N3O3/c1-24(2)16-18-32(29(34)26-13-8-5-9-14-26)23-28(33)31(19-20-35-3)22-27-15-10-17-30(27)21-25-11-6-4-7-12-25/h4-15,17,24H,16,18-23H2,1-3H3. The van der Waals surface area contributed by atoms with E-state index >= 15 is 0 Å². The van der Waals surface area contributed by atoms with E-state index in [4.69, 9.17) is 4.74 Å². The van der Waals surface area contributed by atoms with Gasteiger partial charge in [0.15, 0.2) is 0 Å². The second-order valence-corrected chi connectivity index (χ2v) is 9.20. The average molecular weight is 476 g/mol. The van der Waals surface area contributed by atoms with Crippen LogP contribution in [-0.4, -0.2) is 59.5 Å². The molecule has 1 aromatic heterocycles. The van der Waals surface area contributed by atoms with Crippen molar-refractivity contribution in [3.8, 4) is 0 Å². The first-order valence-electron chi connectivity index (χ1n) is 12.3. The van der Waals surface area contributed by atoms with Crippen LogP contribution < -0.4 is 0 Å². The third kappa shape index (κ3) is 8.11. The van der Waals surface area contributed by atoms with Gasteiger partial charge in [0.1, 0.15) is 6.54 Å². The van der Waals surface area contributed by atoms with E-state index < -0.39 is 0 Å². The molecule has 0 aliphatic carbocycles. The number of rotatable bonds is 13. The normalized spacial score (nSPS) is 11.0. The van der Waals surface area contributed by atoms with Crippen LogP contribution in [0.4, 0.5) is 0 Å². The van der Waals surface area contributed by atoms with Crippen LogP contribution in [0.1, 0.15) is 41.9 Å². The highest BCUT2D eigenvalue weighted by Gasteiger charge is 2.23. The van der Waals surface area contributed by atoms with Crippen LogP contribution in [0, 0.1) is 5.92 Å². The van der Waals surface area contributed by atoms with E-state index in [9.17, 15) is 9.59 Å². The summed E-state index contributed by atoms with van der Waals surface area (Å²) in [6, 6.07) is 23.5. The van der Waals surface area contributed by atoms with Crippen molar-refractivity contribution in [1.29, 1.82) is 0 Å². The van der Waals surface area contributed by atoms with Gasteiger partial charge in [0.2, 0.25) is 5.91 Å². The van der Waals surface area contributed by atoms with Gasteiger partial charge in [-0.1, -0.05) is 62.4 Å². The first-order chi connectivity index (χ1) is 17.0. The van der Waals surface area contributed by atoms with Gasteiger partial charge in [-0.15, -0.1) is 0 Å². The summed E-state index contributed by atoms with van der Waals surface area (Å²) < 4.78 is 7.45. The summed E-state index contributed by atoms with van der Waals surface area (Å²) in [5.41, 5.74) is 2.85. The molecule has 0 bridgehead atoms. The summed E-state index contributed by atoms with van der Waals surface area (Å²) in [7, 11) is 1.63. The minimum absolute atomic E-state index is 0.0452. The molecule has 3 rings (SSSR count). The van der Waals surface area contributed by atoms with E-state index in [1.807, 2.05) is 54.7 Å². The number of nitrogens with zero attached hydrogens (tertiary/aromatic N) is 3. The number of aromatic nitrogens is 1. The quantitative estimate of drug-likeness (QED) is 0.360. The van der Waals surface area contributed by atoms with Gasteiger partial charge < -0.3 is 19.1 Å². The molecule has 0 fully saturated rings. The Morgan fingerprint density at radius 3 is 2.23 bits per heavy atom. The topological polar surface area (TPSA) is 54.8 Å². The summed E-state index contributed by atoms with van der Waals surface area (Å²) in [6.45, 7) is 6.93. The molecule has 0 saturated heterocycles. The molecule has 2 amide bonds. The molecule has 0 unspecified atom stereocenters. The van der Waals surface area contributed by atoms with Crippen molar-refractivity contribution in [2.75, 3.05) is 33.4 Å². The molecule has 186 valence electrons. The van der Waals surface area contributed by atoms with Crippen molar-refractivity contribution in [3.63, 3.8) is 0 Å². The van der Waals surface area contributed by atoms with Gasteiger partial charge in [0, 0.05) is 44.2 Å². The highest BCUT2D eigenvalue weighted by atomic mass is 16.5. The lowest BCUT2D eigenvalue weighted by Gasteiger charge is -2.28. The third-order valence-electron chi connectivity index (χ3n) is 6.00. The summed E-state index contributed by atoms with van der Waals surface area (Å²) in [6.07, 6.45) is 2.87. The molecule has 0 spiro atoms. The number of methoxy groups -OCH3 is 1. The predicted octanol–water partition coefficient (Wildman–Crippen LogP) is 4.70. The zero-order valence-electron chi connectivity index (χ0n) is 21.1. The van der Waals surface area contributed by atoms with Gasteiger partial charge in [0.25, 0.3) is 5.91 Å². The van der Waals surface area contributed by atoms with Crippen LogP contribution in [0.3, 0.4) is 0 Å². The van der Waals surface area contributed by atoms with Crippen molar-refractivity contribution in [2.24, 2.45) is 5.92 Å². The van der Waals surface area contributed by atoms with Gasteiger partial charge in [-0.05, 0) is 42.2 Å². The lowest BCUT2D eigenvalue weighted by Crippen LogP contribution is -2.44. The first-order valence-corrected chi connectivity index (χ1v) is 12.3. The molecule has 0 radical (unpaired) electrons. The Hall–Kier alpha value is -3.38. The van der Waals surface area contributed by atoms with Gasteiger partial charge in [-0.2, -0.15) is 0 Å². The first kappa shape index (κ1) is 26.2. The van der Waals surface area contributed by atoms with E-state index in [2.05, 4.69) is 30.5 Å². The van der Waals surface area contributed by atoms with Gasteiger partial charge in [-0.3, -0.25) is 9.59 Å². The molecule has 0 saturated carbocycles. The molecule has 3 aromatic rings. The fourth-order valence-electron chi connectivity index (χ4n) is 3.91. The maximum Gasteiger partial charge on any atom is 0.254 e. The molecule has 2 aromatic carbocycles. The minimum atomic E-state index is -0.112. The molecule has 6 nitrogen and oxygen atoms in total. The number of hydrogen-bond acceptors (Lipinski definition) is 3. The van der Waals surface area contributed by atoms with Crippen molar-refractivity contribution in [1.82, 2.24) is 14.4 Å². The largest absolute Gasteiger partial charge is 0.383 e. The van der Waals surface area contributed by atoms with Gasteiger partial charge in [0.05, 0.1) is 13.2 Å². The maximum absolute atomic E-state index is 13.5. The van der Waals surface area contributed by atoms with Gasteiger partial charge >= 0.3 is 0 Å². The summed E-state index contributed by atoms with van der Waals surface area (Å²) in [5.74, 6) is 0.239. The minimum Gasteiger partial charge on any atom is -0.383 e. The number of ether oxygens (including phenoxy) is 1. The molecular formula is C29H37N3O3. The zero-order chi connectivity index (χ0) is 25.0. The lowest BCUT2D eigenvalue weighted by atomic mass is 10.1. The highest BCUT2D eigenvalue weighted by Crippen LogP contribution is 2.13. The fourth-order valence-corrected chi connectivity index (χ4v) is 3.91. The smallest absolute Gasteiger partial charge is 0.254 e. The number of carbonyl (C=O) groups is 2. The van der Waals surface area contributed by atoms with E-state index in [1.54, 1.807) is 29.0 Å². The predicted molar refractivity (Wildman–Crippen MR) is 139 cm³/mol. The summed E-state index contributed by atoms with van der Waals surface area (Å²) in [5, 5.41) is 0. The Morgan fingerprint density at radius 2 is 1.57 bits per heavy atom. The second-order valence-electron chi connectivity index (χ2n) is 9.20. The SMILES string of the molecule is COCCN(Cc1cccn1Cc1ccccc1)C(=O)CN(CCC(C)C)C(=O)c1ccccc1. The highest BCUT2D eigenvalue weighted by molar-refractivity contribution is 5.96. The molecule has 0 N–H and O–H groups in total. The molecular weight excluding hydrogens is 438 g/mol. The van der Waals surface area contributed by atoms with Crippen LogP contribution in [0.5, 0.6) is 0 Å². The van der Waals surface area contributed by atoms with Crippen molar-refractivity contribution in [2.45, 2.75) is 33.4 Å². The Balaban J connectivity index is 1.75. The number of benzene rings is 2. The van der Waals surface area contributed by atoms with E-state index in [0.717, 1.165) is 18.7 Å². The lowest BCUT2D eigenvalue weighted by molar-refractivity contribution is -0.133. The molecule has 1 heterocycles. The Kier molecular flexibility index (Phi) is 10.1. The van der Waals surface area contributed by atoms with Crippen molar-refractivity contribution in [3.05, 3.63) is 95.8 Å². The van der Waals surface area contributed by atoms with Crippen LogP contribution >= 0.6 is 0 Å². The Morgan fingerprint density at radius 1 is 0.886 bits per heavy atom. The molecule has 0 aliphatic rings. The second kappa shape index (κ2) is 13.5. The average Bonchev–Trinajstić information content (AvgIpc) is 3.31. The number of carbonyl (C=O) groups excluding carboxylic acids is 2. The van der Waals surface area contributed by atoms with E-state index in [-0.39, 0.29) is 18.4 Å². The molecule has 35 heavy (non-hydrogen) atoms. The number of amides is 2. The molecule has 0 atom stereocenters. The van der Waals surface area contributed by atoms with E-state index in [0.29, 0.717) is 37.7 Å². The van der Waals surface area contributed by atoms with Crippen molar-refractivity contribution >= 4 is 11.8 Å².